The topological polar surface area (TPSA) is 62.2 Å². The zero-order valence-corrected chi connectivity index (χ0v) is 16.1. The molecule has 0 radical (unpaired) electrons. The number of carbonyl (C=O) groups excluding carboxylic acids is 1. The minimum absolute atomic E-state index is 0.0678. The number of piperazine rings is 1. The van der Waals surface area contributed by atoms with Crippen LogP contribution in [0.2, 0.25) is 0 Å². The average molecular weight is 367 g/mol. The van der Waals surface area contributed by atoms with Crippen LogP contribution in [0.1, 0.15) is 45.4 Å². The summed E-state index contributed by atoms with van der Waals surface area (Å²) in [6, 6.07) is 0. The summed E-state index contributed by atoms with van der Waals surface area (Å²) in [5.41, 5.74) is 0.0678. The molecule has 0 aromatic rings. The van der Waals surface area contributed by atoms with Crippen molar-refractivity contribution in [2.24, 2.45) is 17.8 Å². The molecule has 1 atom stereocenters. The standard InChI is InChI=1S/C20H34N2O4/c1-2-25-19(24)22-5-3-21(4-6-22)13-18(23)14-26-20-10-15-7-16(11-20)9-17(8-15)12-20/h15-18,23H,2-14H2,1H3/t15?,16?,17?,18-,20?/m1/s1. The van der Waals surface area contributed by atoms with Gasteiger partial charge in [-0.2, -0.15) is 0 Å². The Morgan fingerprint density at radius 2 is 1.65 bits per heavy atom. The van der Waals surface area contributed by atoms with Gasteiger partial charge in [-0.3, -0.25) is 4.90 Å². The number of β-amino-alcohol motifs (C(OH)–C–C–N with tert-alkyl or cyclic N) is 1. The van der Waals surface area contributed by atoms with Crippen molar-refractivity contribution in [1.29, 1.82) is 0 Å². The number of carbonyl (C=O) groups is 1. The van der Waals surface area contributed by atoms with Gasteiger partial charge in [-0.25, -0.2) is 4.79 Å². The van der Waals surface area contributed by atoms with E-state index < -0.39 is 6.10 Å². The molecule has 1 aliphatic heterocycles. The van der Waals surface area contributed by atoms with Crippen molar-refractivity contribution in [3.05, 3.63) is 0 Å². The summed E-state index contributed by atoms with van der Waals surface area (Å²) in [7, 11) is 0. The predicted octanol–water partition coefficient (Wildman–Crippen LogP) is 2.11. The largest absolute Gasteiger partial charge is 0.450 e. The molecule has 0 aromatic carbocycles. The second-order valence-electron chi connectivity index (χ2n) is 9.05. The Morgan fingerprint density at radius 3 is 2.19 bits per heavy atom. The van der Waals surface area contributed by atoms with Gasteiger partial charge in [-0.05, 0) is 63.2 Å². The lowest BCUT2D eigenvalue weighted by Crippen LogP contribution is -2.54. The van der Waals surface area contributed by atoms with E-state index in [1.54, 1.807) is 4.90 Å². The quantitative estimate of drug-likeness (QED) is 0.780. The number of hydrogen-bond acceptors (Lipinski definition) is 5. The summed E-state index contributed by atoms with van der Waals surface area (Å²) in [6.45, 7) is 6.23. The van der Waals surface area contributed by atoms with Gasteiger partial charge in [-0.15, -0.1) is 0 Å². The summed E-state index contributed by atoms with van der Waals surface area (Å²) in [4.78, 5) is 15.7. The molecule has 0 unspecified atom stereocenters. The summed E-state index contributed by atoms with van der Waals surface area (Å²) in [6.07, 6.45) is 7.20. The third kappa shape index (κ3) is 4.02. The molecule has 6 nitrogen and oxygen atoms in total. The van der Waals surface area contributed by atoms with Crippen molar-refractivity contribution in [2.75, 3.05) is 45.9 Å². The first kappa shape index (κ1) is 18.5. The number of aliphatic hydroxyl groups excluding tert-OH is 1. The Hall–Kier alpha value is -0.850. The third-order valence-electron chi connectivity index (χ3n) is 6.93. The molecule has 1 heterocycles. The van der Waals surface area contributed by atoms with E-state index in [1.807, 2.05) is 6.92 Å². The van der Waals surface area contributed by atoms with Gasteiger partial charge in [0.2, 0.25) is 0 Å². The van der Waals surface area contributed by atoms with Crippen LogP contribution in [-0.2, 0) is 9.47 Å². The van der Waals surface area contributed by atoms with Crippen molar-refractivity contribution in [1.82, 2.24) is 9.80 Å². The Labute approximate surface area is 156 Å². The Bertz CT molecular complexity index is 469. The Balaban J connectivity index is 1.19. The third-order valence-corrected chi connectivity index (χ3v) is 6.93. The second-order valence-corrected chi connectivity index (χ2v) is 9.05. The van der Waals surface area contributed by atoms with Crippen LogP contribution in [0.25, 0.3) is 0 Å². The molecule has 0 aromatic heterocycles. The molecule has 5 rings (SSSR count). The molecule has 5 fully saturated rings. The van der Waals surface area contributed by atoms with Crippen LogP contribution >= 0.6 is 0 Å². The lowest BCUT2D eigenvalue weighted by molar-refractivity contribution is -0.176. The van der Waals surface area contributed by atoms with E-state index >= 15 is 0 Å². The molecule has 148 valence electrons. The van der Waals surface area contributed by atoms with Crippen LogP contribution in [-0.4, -0.2) is 78.6 Å². The van der Waals surface area contributed by atoms with E-state index in [4.69, 9.17) is 9.47 Å². The fourth-order valence-corrected chi connectivity index (χ4v) is 6.16. The monoisotopic (exact) mass is 366 g/mol. The maximum atomic E-state index is 11.8. The van der Waals surface area contributed by atoms with Crippen molar-refractivity contribution < 1.29 is 19.4 Å². The zero-order valence-electron chi connectivity index (χ0n) is 16.1. The molecular weight excluding hydrogens is 332 g/mol. The highest BCUT2D eigenvalue weighted by Crippen LogP contribution is 2.57. The number of amides is 1. The molecule has 0 spiro atoms. The summed E-state index contributed by atoms with van der Waals surface area (Å²) < 4.78 is 11.4. The highest BCUT2D eigenvalue weighted by molar-refractivity contribution is 5.67. The molecule has 4 bridgehead atoms. The first-order valence-corrected chi connectivity index (χ1v) is 10.5. The van der Waals surface area contributed by atoms with E-state index in [0.29, 0.717) is 32.8 Å². The van der Waals surface area contributed by atoms with Crippen LogP contribution in [0.4, 0.5) is 4.79 Å². The highest BCUT2D eigenvalue weighted by Gasteiger charge is 2.51. The first-order chi connectivity index (χ1) is 12.5. The van der Waals surface area contributed by atoms with Crippen LogP contribution in [0.5, 0.6) is 0 Å². The summed E-state index contributed by atoms with van der Waals surface area (Å²) >= 11 is 0. The molecule has 4 saturated carbocycles. The van der Waals surface area contributed by atoms with Crippen molar-refractivity contribution >= 4 is 6.09 Å². The number of rotatable bonds is 6. The molecule has 4 aliphatic carbocycles. The molecular formula is C20H34N2O4. The molecule has 1 amide bonds. The van der Waals surface area contributed by atoms with Gasteiger partial charge in [0.05, 0.1) is 24.9 Å². The fraction of sp³-hybridized carbons (Fsp3) is 0.950. The minimum atomic E-state index is -0.447. The first-order valence-electron chi connectivity index (χ1n) is 10.5. The highest BCUT2D eigenvalue weighted by atomic mass is 16.6. The van der Waals surface area contributed by atoms with Crippen molar-refractivity contribution in [2.45, 2.75) is 57.2 Å². The van der Waals surface area contributed by atoms with Gasteiger partial charge in [0.25, 0.3) is 0 Å². The van der Waals surface area contributed by atoms with E-state index in [2.05, 4.69) is 4.90 Å². The molecule has 26 heavy (non-hydrogen) atoms. The van der Waals surface area contributed by atoms with Gasteiger partial charge >= 0.3 is 6.09 Å². The van der Waals surface area contributed by atoms with E-state index in [1.165, 1.54) is 38.5 Å². The zero-order chi connectivity index (χ0) is 18.1. The van der Waals surface area contributed by atoms with E-state index in [-0.39, 0.29) is 11.7 Å². The lowest BCUT2D eigenvalue weighted by Gasteiger charge is -2.56. The van der Waals surface area contributed by atoms with Crippen LogP contribution in [0.15, 0.2) is 0 Å². The maximum absolute atomic E-state index is 11.8. The average Bonchev–Trinajstić information content (AvgIpc) is 2.60. The SMILES string of the molecule is CCOC(=O)N1CCN(C[C@@H](O)COC23CC4CC(CC(C4)C2)C3)CC1. The van der Waals surface area contributed by atoms with E-state index in [9.17, 15) is 9.90 Å². The smallest absolute Gasteiger partial charge is 0.409 e. The van der Waals surface area contributed by atoms with Gasteiger partial charge in [-0.1, -0.05) is 0 Å². The summed E-state index contributed by atoms with van der Waals surface area (Å²) in [5.74, 6) is 2.61. The number of hydrogen-bond donors (Lipinski definition) is 1. The molecule has 1 saturated heterocycles. The molecule has 5 aliphatic rings. The number of aliphatic hydroxyl groups is 1. The van der Waals surface area contributed by atoms with Crippen molar-refractivity contribution in [3.8, 4) is 0 Å². The van der Waals surface area contributed by atoms with Crippen molar-refractivity contribution in [3.63, 3.8) is 0 Å². The Kier molecular flexibility index (Phi) is 5.44. The second kappa shape index (κ2) is 7.64. The van der Waals surface area contributed by atoms with E-state index in [0.717, 1.165) is 30.8 Å². The van der Waals surface area contributed by atoms with Crippen LogP contribution in [0, 0.1) is 17.8 Å². The fourth-order valence-electron chi connectivity index (χ4n) is 6.16. The lowest BCUT2D eigenvalue weighted by atomic mass is 9.54. The van der Waals surface area contributed by atoms with Gasteiger partial charge in [0.1, 0.15) is 0 Å². The van der Waals surface area contributed by atoms with Gasteiger partial charge < -0.3 is 19.5 Å². The Morgan fingerprint density at radius 1 is 1.08 bits per heavy atom. The number of ether oxygens (including phenoxy) is 2. The minimum Gasteiger partial charge on any atom is -0.450 e. The van der Waals surface area contributed by atoms with Crippen LogP contribution < -0.4 is 0 Å². The van der Waals surface area contributed by atoms with Crippen LogP contribution in [0.3, 0.4) is 0 Å². The normalized spacial score (nSPS) is 37.8. The molecule has 1 N–H and O–H groups in total. The van der Waals surface area contributed by atoms with Gasteiger partial charge in [0.15, 0.2) is 0 Å². The maximum Gasteiger partial charge on any atom is 0.409 e. The summed E-state index contributed by atoms with van der Waals surface area (Å²) in [5, 5.41) is 10.5. The predicted molar refractivity (Wildman–Crippen MR) is 97.9 cm³/mol. The number of nitrogens with zero attached hydrogens (tertiary/aromatic N) is 2. The van der Waals surface area contributed by atoms with Gasteiger partial charge in [0, 0.05) is 32.7 Å². The molecule has 6 heteroatoms.